The number of hydrazone groups is 1. The highest BCUT2D eigenvalue weighted by Crippen LogP contribution is 2.34. The molecule has 168 valence electrons. The van der Waals surface area contributed by atoms with Crippen molar-refractivity contribution in [3.63, 3.8) is 0 Å². The summed E-state index contributed by atoms with van der Waals surface area (Å²) in [5.41, 5.74) is 1.56. The first kappa shape index (κ1) is 22.5. The molecule has 0 radical (unpaired) electrons. The van der Waals surface area contributed by atoms with E-state index in [9.17, 15) is 35.1 Å². The zero-order valence-electron chi connectivity index (χ0n) is 16.4. The predicted octanol–water partition coefficient (Wildman–Crippen LogP) is 2.55. The third kappa shape index (κ3) is 5.91. The van der Waals surface area contributed by atoms with E-state index in [1.807, 2.05) is 0 Å². The van der Waals surface area contributed by atoms with E-state index < -0.39 is 32.1 Å². The molecule has 0 unspecified atom stereocenters. The van der Waals surface area contributed by atoms with E-state index in [-0.39, 0.29) is 23.7 Å². The van der Waals surface area contributed by atoms with E-state index in [0.29, 0.717) is 5.56 Å². The van der Waals surface area contributed by atoms with Gasteiger partial charge in [0.1, 0.15) is 24.7 Å². The van der Waals surface area contributed by atoms with Gasteiger partial charge in [0, 0.05) is 6.07 Å². The van der Waals surface area contributed by atoms with E-state index in [0.717, 1.165) is 35.3 Å². The van der Waals surface area contributed by atoms with Gasteiger partial charge >= 0.3 is 11.4 Å². The molecule has 0 aliphatic heterocycles. The number of nitro groups is 3. The maximum Gasteiger partial charge on any atom is 0.318 e. The summed E-state index contributed by atoms with van der Waals surface area (Å²) in [5, 5.41) is 40.0. The second kappa shape index (κ2) is 9.73. The van der Waals surface area contributed by atoms with Crippen LogP contribution in [0.1, 0.15) is 5.56 Å². The quantitative estimate of drug-likeness (QED) is 0.286. The van der Waals surface area contributed by atoms with Crippen molar-refractivity contribution in [1.82, 2.24) is 15.2 Å². The molecular formula is C18H13N7O8. The molecule has 1 aromatic heterocycles. The van der Waals surface area contributed by atoms with Gasteiger partial charge in [-0.05, 0) is 35.9 Å². The Hall–Kier alpha value is -5.21. The number of nitrogens with zero attached hydrogens (tertiary/aromatic N) is 6. The molecule has 1 amide bonds. The average Bonchev–Trinajstić information content (AvgIpc) is 3.23. The van der Waals surface area contributed by atoms with E-state index >= 15 is 0 Å². The van der Waals surface area contributed by atoms with Gasteiger partial charge in [0.2, 0.25) is 5.75 Å². The smallest absolute Gasteiger partial charge is 0.318 e. The number of amides is 1. The largest absolute Gasteiger partial charge is 0.450 e. The van der Waals surface area contributed by atoms with Crippen LogP contribution in [-0.2, 0) is 11.3 Å². The van der Waals surface area contributed by atoms with Crippen LogP contribution < -0.4 is 10.2 Å². The van der Waals surface area contributed by atoms with Crippen molar-refractivity contribution >= 4 is 29.2 Å². The average molecular weight is 455 g/mol. The minimum Gasteiger partial charge on any atom is -0.450 e. The van der Waals surface area contributed by atoms with Gasteiger partial charge in [0.25, 0.3) is 11.6 Å². The van der Waals surface area contributed by atoms with Crippen LogP contribution in [0.4, 0.5) is 17.1 Å². The van der Waals surface area contributed by atoms with Gasteiger partial charge in [-0.2, -0.15) is 10.2 Å². The zero-order chi connectivity index (χ0) is 24.0. The Morgan fingerprint density at radius 2 is 1.73 bits per heavy atom. The fraction of sp³-hybridized carbons (Fsp3) is 0.0556. The Labute approximate surface area is 183 Å². The molecule has 0 aliphatic carbocycles. The molecule has 0 aliphatic rings. The van der Waals surface area contributed by atoms with Gasteiger partial charge in [-0.25, -0.2) is 5.43 Å². The lowest BCUT2D eigenvalue weighted by molar-refractivity contribution is -0.394. The van der Waals surface area contributed by atoms with Gasteiger partial charge in [0.05, 0.1) is 27.1 Å². The molecule has 15 nitrogen and oxygen atoms in total. The molecule has 15 heteroatoms. The zero-order valence-corrected chi connectivity index (χ0v) is 16.4. The first-order valence-corrected chi connectivity index (χ1v) is 8.92. The lowest BCUT2D eigenvalue weighted by atomic mass is 10.2. The number of hydrogen-bond donors (Lipinski definition) is 1. The summed E-state index contributed by atoms with van der Waals surface area (Å²) >= 11 is 0. The minimum absolute atomic E-state index is 0.168. The molecular weight excluding hydrogens is 442 g/mol. The molecule has 0 atom stereocenters. The molecule has 0 saturated heterocycles. The monoisotopic (exact) mass is 455 g/mol. The molecule has 2 aromatic carbocycles. The van der Waals surface area contributed by atoms with Gasteiger partial charge in [-0.1, -0.05) is 0 Å². The van der Waals surface area contributed by atoms with Crippen LogP contribution in [0.2, 0.25) is 0 Å². The molecule has 3 aromatic rings. The van der Waals surface area contributed by atoms with Crippen LogP contribution >= 0.6 is 0 Å². The lowest BCUT2D eigenvalue weighted by Gasteiger charge is -2.06. The van der Waals surface area contributed by atoms with Crippen LogP contribution in [0.25, 0.3) is 0 Å². The first-order chi connectivity index (χ1) is 15.7. The molecule has 0 bridgehead atoms. The summed E-state index contributed by atoms with van der Waals surface area (Å²) in [6, 6.07) is 9.11. The Morgan fingerprint density at radius 1 is 1.03 bits per heavy atom. The number of non-ortho nitro benzene ring substituents is 1. The summed E-state index contributed by atoms with van der Waals surface area (Å²) in [4.78, 5) is 42.2. The number of hydrogen-bond acceptors (Lipinski definition) is 10. The standard InChI is InChI=1S/C18H13N7O8/c26-18(11-22-10-14(9-20-22)24(29)30)21-19-8-12-1-4-15(5-2-12)33-17-6-3-13(23(27)28)7-16(17)25(31)32/h1-10H,11H2,(H,21,26)/b19-8+. The van der Waals surface area contributed by atoms with Crippen molar-refractivity contribution in [3.8, 4) is 11.5 Å². The highest BCUT2D eigenvalue weighted by molar-refractivity contribution is 5.82. The van der Waals surface area contributed by atoms with E-state index in [2.05, 4.69) is 15.6 Å². The number of ether oxygens (including phenoxy) is 1. The van der Waals surface area contributed by atoms with Crippen molar-refractivity contribution in [2.45, 2.75) is 6.54 Å². The number of carbonyl (C=O) groups is 1. The fourth-order valence-electron chi connectivity index (χ4n) is 2.49. The van der Waals surface area contributed by atoms with Crippen LogP contribution in [0.3, 0.4) is 0 Å². The second-order valence-electron chi connectivity index (χ2n) is 6.28. The van der Waals surface area contributed by atoms with Crippen molar-refractivity contribution in [3.05, 3.63) is 90.8 Å². The SMILES string of the molecule is O=C(Cn1cc([N+](=O)[O-])cn1)N/N=C/c1ccc(Oc2ccc([N+](=O)[O-])cc2[N+](=O)[O-])cc1. The van der Waals surface area contributed by atoms with Gasteiger partial charge in [-0.15, -0.1) is 0 Å². The highest BCUT2D eigenvalue weighted by Gasteiger charge is 2.21. The minimum atomic E-state index is -0.784. The summed E-state index contributed by atoms with van der Waals surface area (Å²) in [6.45, 7) is -0.272. The summed E-state index contributed by atoms with van der Waals surface area (Å²) in [5.74, 6) is -0.499. The Balaban J connectivity index is 1.59. The molecule has 1 N–H and O–H groups in total. The lowest BCUT2D eigenvalue weighted by Crippen LogP contribution is -2.23. The third-order valence-electron chi connectivity index (χ3n) is 4.00. The van der Waals surface area contributed by atoms with Gasteiger partial charge in [0.15, 0.2) is 0 Å². The maximum atomic E-state index is 11.8. The number of rotatable bonds is 9. The first-order valence-electron chi connectivity index (χ1n) is 8.92. The molecule has 0 saturated carbocycles. The summed E-state index contributed by atoms with van der Waals surface area (Å²) in [6.07, 6.45) is 3.45. The van der Waals surface area contributed by atoms with E-state index in [4.69, 9.17) is 4.74 Å². The summed E-state index contributed by atoms with van der Waals surface area (Å²) < 4.78 is 6.54. The molecule has 3 rings (SSSR count). The van der Waals surface area contributed by atoms with Crippen molar-refractivity contribution in [2.24, 2.45) is 5.10 Å². The van der Waals surface area contributed by atoms with Crippen LogP contribution in [0.15, 0.2) is 60.0 Å². The van der Waals surface area contributed by atoms with E-state index in [1.165, 1.54) is 18.3 Å². The fourth-order valence-corrected chi connectivity index (χ4v) is 2.49. The number of nitro benzene ring substituents is 2. The molecule has 1 heterocycles. The molecule has 0 spiro atoms. The van der Waals surface area contributed by atoms with Crippen molar-refractivity contribution in [2.75, 3.05) is 0 Å². The third-order valence-corrected chi connectivity index (χ3v) is 4.00. The van der Waals surface area contributed by atoms with Crippen LogP contribution in [0, 0.1) is 30.3 Å². The number of benzene rings is 2. The van der Waals surface area contributed by atoms with Crippen LogP contribution in [0.5, 0.6) is 11.5 Å². The van der Waals surface area contributed by atoms with E-state index in [1.54, 1.807) is 12.1 Å². The van der Waals surface area contributed by atoms with Gasteiger partial charge < -0.3 is 4.74 Å². The van der Waals surface area contributed by atoms with Crippen LogP contribution in [-0.4, -0.2) is 36.7 Å². The summed E-state index contributed by atoms with van der Waals surface area (Å²) in [7, 11) is 0. The van der Waals surface area contributed by atoms with Crippen molar-refractivity contribution in [1.29, 1.82) is 0 Å². The molecule has 0 fully saturated rings. The predicted molar refractivity (Wildman–Crippen MR) is 111 cm³/mol. The molecule has 33 heavy (non-hydrogen) atoms. The topological polar surface area (TPSA) is 198 Å². The second-order valence-corrected chi connectivity index (χ2v) is 6.28. The normalized spacial score (nSPS) is 10.7. The number of carbonyl (C=O) groups excluding carboxylic acids is 1. The Morgan fingerprint density at radius 3 is 2.33 bits per heavy atom. The Bertz CT molecular complexity index is 1250. The van der Waals surface area contributed by atoms with Crippen molar-refractivity contribution < 1.29 is 24.3 Å². The maximum absolute atomic E-state index is 11.8. The number of nitrogens with one attached hydrogen (secondary N) is 1. The van der Waals surface area contributed by atoms with Gasteiger partial charge in [-0.3, -0.25) is 39.8 Å². The Kier molecular flexibility index (Phi) is 6.63. The highest BCUT2D eigenvalue weighted by atomic mass is 16.6. The number of aromatic nitrogens is 2.